The second-order valence-electron chi connectivity index (χ2n) is 16.9. The zero-order chi connectivity index (χ0) is 43.3. The molecule has 4 amide bonds. The fourth-order valence-electron chi connectivity index (χ4n) is 8.96. The van der Waals surface area contributed by atoms with Crippen LogP contribution >= 0.6 is 0 Å². The minimum absolute atomic E-state index is 0.0879. The summed E-state index contributed by atoms with van der Waals surface area (Å²) in [4.78, 5) is 86.1. The molecule has 1 unspecified atom stereocenters. The Morgan fingerprint density at radius 2 is 1.56 bits per heavy atom. The molecular weight excluding hydrogens is 791 g/mol. The van der Waals surface area contributed by atoms with Crippen molar-refractivity contribution in [2.24, 2.45) is 5.92 Å². The smallest absolute Gasteiger partial charge is 0.278 e. The molecule has 4 aliphatic heterocycles. The normalized spacial score (nSPS) is 19.0. The SMILES string of the molecule is C=CCn1c(=O)c2cnc(Nc3ccc(N4CCC(CN5CCN(c6ccc7c(c6)C(=O)N(C6CCC(=O)NC6=O)C7=O)CC5)CC4)cc3)nc2n1-c1cccc(C(C)(C)O)n1. The van der Waals surface area contributed by atoms with E-state index in [4.69, 9.17) is 4.98 Å². The summed E-state index contributed by atoms with van der Waals surface area (Å²) in [5, 5.41) is 16.5. The molecule has 0 aliphatic carbocycles. The minimum atomic E-state index is -1.18. The van der Waals surface area contributed by atoms with Crippen LogP contribution in [0.2, 0.25) is 0 Å². The summed E-state index contributed by atoms with van der Waals surface area (Å²) in [6.45, 7) is 13.7. The number of pyridine rings is 1. The van der Waals surface area contributed by atoms with Gasteiger partial charge in [-0.1, -0.05) is 12.1 Å². The van der Waals surface area contributed by atoms with Crippen molar-refractivity contribution in [2.45, 2.75) is 57.7 Å². The van der Waals surface area contributed by atoms with Crippen LogP contribution in [0.25, 0.3) is 16.9 Å². The molecule has 5 aromatic rings. The van der Waals surface area contributed by atoms with Crippen molar-refractivity contribution in [1.29, 1.82) is 0 Å². The molecule has 3 aromatic heterocycles. The van der Waals surface area contributed by atoms with E-state index in [-0.39, 0.29) is 24.9 Å². The lowest BCUT2D eigenvalue weighted by Crippen LogP contribution is -2.54. The molecule has 0 saturated carbocycles. The summed E-state index contributed by atoms with van der Waals surface area (Å²) in [5.41, 5.74) is 2.81. The van der Waals surface area contributed by atoms with Crippen molar-refractivity contribution in [3.63, 3.8) is 0 Å². The van der Waals surface area contributed by atoms with Crippen LogP contribution in [0.5, 0.6) is 0 Å². The maximum Gasteiger partial charge on any atom is 0.278 e. The molecule has 17 heteroatoms. The predicted molar refractivity (Wildman–Crippen MR) is 233 cm³/mol. The summed E-state index contributed by atoms with van der Waals surface area (Å²) >= 11 is 0. The number of piperidine rings is 2. The molecule has 1 atom stereocenters. The van der Waals surface area contributed by atoms with E-state index in [0.29, 0.717) is 45.5 Å². The number of benzene rings is 2. The third kappa shape index (κ3) is 7.73. The number of amides is 4. The molecule has 2 aromatic carbocycles. The van der Waals surface area contributed by atoms with E-state index in [2.05, 4.69) is 54.0 Å². The Morgan fingerprint density at radius 3 is 2.27 bits per heavy atom. The largest absolute Gasteiger partial charge is 0.384 e. The van der Waals surface area contributed by atoms with Crippen LogP contribution in [-0.2, 0) is 21.7 Å². The molecular formula is C45H49N11O6. The Labute approximate surface area is 357 Å². The van der Waals surface area contributed by atoms with Gasteiger partial charge in [0.2, 0.25) is 17.8 Å². The number of carbonyl (C=O) groups excluding carboxylic acids is 4. The highest BCUT2D eigenvalue weighted by Gasteiger charge is 2.45. The Balaban J connectivity index is 0.783. The number of hydrogen-bond acceptors (Lipinski definition) is 13. The number of imide groups is 2. The van der Waals surface area contributed by atoms with Gasteiger partial charge < -0.3 is 20.2 Å². The first-order valence-corrected chi connectivity index (χ1v) is 21.1. The summed E-state index contributed by atoms with van der Waals surface area (Å²) in [6.07, 6.45) is 5.54. The van der Waals surface area contributed by atoms with Gasteiger partial charge in [-0.25, -0.2) is 19.3 Å². The van der Waals surface area contributed by atoms with Gasteiger partial charge >= 0.3 is 0 Å². The van der Waals surface area contributed by atoms with Crippen molar-refractivity contribution in [2.75, 3.05) is 60.9 Å². The molecule has 0 spiro atoms. The van der Waals surface area contributed by atoms with E-state index in [1.54, 1.807) is 54.9 Å². The quantitative estimate of drug-likeness (QED) is 0.129. The van der Waals surface area contributed by atoms with E-state index in [1.165, 1.54) is 10.9 Å². The highest BCUT2D eigenvalue weighted by molar-refractivity contribution is 6.23. The second-order valence-corrected chi connectivity index (χ2v) is 16.9. The van der Waals surface area contributed by atoms with Gasteiger partial charge in [0, 0.05) is 75.5 Å². The lowest BCUT2D eigenvalue weighted by molar-refractivity contribution is -0.136. The van der Waals surface area contributed by atoms with Gasteiger partial charge in [-0.2, -0.15) is 4.98 Å². The van der Waals surface area contributed by atoms with Gasteiger partial charge in [0.25, 0.3) is 17.4 Å². The zero-order valence-corrected chi connectivity index (χ0v) is 34.8. The molecule has 3 N–H and O–H groups in total. The maximum absolute atomic E-state index is 13.4. The Bertz CT molecular complexity index is 2650. The van der Waals surface area contributed by atoms with Gasteiger partial charge in [0.1, 0.15) is 17.0 Å². The van der Waals surface area contributed by atoms with Crippen LogP contribution in [0.15, 0.2) is 84.3 Å². The van der Waals surface area contributed by atoms with Gasteiger partial charge in [-0.15, -0.1) is 6.58 Å². The van der Waals surface area contributed by atoms with E-state index in [1.807, 2.05) is 18.2 Å². The van der Waals surface area contributed by atoms with Gasteiger partial charge in [-0.3, -0.25) is 39.1 Å². The Hall–Kier alpha value is -6.72. The molecule has 3 saturated heterocycles. The predicted octanol–water partition coefficient (Wildman–Crippen LogP) is 3.57. The summed E-state index contributed by atoms with van der Waals surface area (Å²) < 4.78 is 3.14. The number of nitrogens with zero attached hydrogens (tertiary/aromatic N) is 9. The average molecular weight is 840 g/mol. The first-order valence-electron chi connectivity index (χ1n) is 21.1. The van der Waals surface area contributed by atoms with Crippen LogP contribution in [-0.4, -0.2) is 115 Å². The molecule has 9 rings (SSSR count). The Morgan fingerprint density at radius 1 is 0.855 bits per heavy atom. The highest BCUT2D eigenvalue weighted by Crippen LogP contribution is 2.32. The fourth-order valence-corrected chi connectivity index (χ4v) is 8.96. The highest BCUT2D eigenvalue weighted by atomic mass is 16.3. The lowest BCUT2D eigenvalue weighted by atomic mass is 9.95. The molecule has 4 aliphatic rings. The molecule has 62 heavy (non-hydrogen) atoms. The summed E-state index contributed by atoms with van der Waals surface area (Å²) in [7, 11) is 0. The first-order chi connectivity index (χ1) is 29.9. The Kier molecular flexibility index (Phi) is 10.7. The number of rotatable bonds is 11. The molecule has 7 heterocycles. The van der Waals surface area contributed by atoms with Gasteiger partial charge in [0.15, 0.2) is 11.5 Å². The van der Waals surface area contributed by atoms with Crippen molar-refractivity contribution in [3.8, 4) is 5.82 Å². The van der Waals surface area contributed by atoms with Crippen molar-refractivity contribution in [1.82, 2.24) is 39.4 Å². The van der Waals surface area contributed by atoms with E-state index in [9.17, 15) is 29.1 Å². The fraction of sp³-hybridized carbons (Fsp3) is 0.378. The number of aliphatic hydroxyl groups is 1. The number of allylic oxidation sites excluding steroid dienone is 1. The molecule has 0 bridgehead atoms. The molecule has 3 fully saturated rings. The summed E-state index contributed by atoms with van der Waals surface area (Å²) in [6, 6.07) is 17.8. The van der Waals surface area contributed by atoms with Crippen LogP contribution < -0.4 is 26.0 Å². The van der Waals surface area contributed by atoms with Crippen LogP contribution in [0.3, 0.4) is 0 Å². The van der Waals surface area contributed by atoms with Crippen molar-refractivity contribution < 1.29 is 24.3 Å². The van der Waals surface area contributed by atoms with E-state index in [0.717, 1.165) is 80.6 Å². The summed E-state index contributed by atoms with van der Waals surface area (Å²) in [5.74, 6) is -0.639. The minimum Gasteiger partial charge on any atom is -0.384 e. The van der Waals surface area contributed by atoms with Crippen LogP contribution in [0.1, 0.15) is 65.9 Å². The number of nitrogens with one attached hydrogen (secondary N) is 2. The van der Waals surface area contributed by atoms with Gasteiger partial charge in [0.05, 0.1) is 23.4 Å². The average Bonchev–Trinajstić information content (AvgIpc) is 3.68. The van der Waals surface area contributed by atoms with E-state index >= 15 is 0 Å². The van der Waals surface area contributed by atoms with Crippen LogP contribution in [0.4, 0.5) is 23.0 Å². The van der Waals surface area contributed by atoms with Crippen LogP contribution in [0, 0.1) is 5.92 Å². The lowest BCUT2D eigenvalue weighted by Gasteiger charge is -2.40. The van der Waals surface area contributed by atoms with Crippen molar-refractivity contribution in [3.05, 3.63) is 107 Å². The van der Waals surface area contributed by atoms with Gasteiger partial charge in [-0.05, 0) is 93.6 Å². The number of aromatic nitrogens is 5. The third-order valence-corrected chi connectivity index (χ3v) is 12.3. The monoisotopic (exact) mass is 839 g/mol. The molecule has 320 valence electrons. The number of fused-ring (bicyclic) bond motifs is 2. The second kappa shape index (κ2) is 16.3. The number of carbonyl (C=O) groups is 4. The maximum atomic E-state index is 13.4. The van der Waals surface area contributed by atoms with E-state index < -0.39 is 35.3 Å². The molecule has 17 nitrogen and oxygen atoms in total. The zero-order valence-electron chi connectivity index (χ0n) is 34.8. The number of anilines is 4. The molecule has 0 radical (unpaired) electrons. The first kappa shape index (κ1) is 40.7. The third-order valence-electron chi connectivity index (χ3n) is 12.3. The number of hydrogen-bond donors (Lipinski definition) is 3. The topological polar surface area (TPSA) is 191 Å². The van der Waals surface area contributed by atoms with Crippen molar-refractivity contribution >= 4 is 57.7 Å². The standard InChI is InChI=1S/C45H49N11O6/c1-4-18-54-41(59)34-26-46-44(50-39(34)56(54)37-7-5-6-36(48-37)45(2,3)62)47-29-8-10-30(11-9-29)52-19-16-28(17-20-52)27-51-21-23-53(24-22-51)31-12-13-32-33(25-31)43(61)55(42(32)60)35-14-15-38(57)49-40(35)58/h4-13,25-26,28,35,62H,1,14-24,27H2,2-3H3,(H,46,47,50)(H,49,57,58). The number of piperazine rings is 1.